The van der Waals surface area contributed by atoms with Crippen molar-refractivity contribution in [1.29, 1.82) is 0 Å². The summed E-state index contributed by atoms with van der Waals surface area (Å²) >= 11 is 0. The van der Waals surface area contributed by atoms with Gasteiger partial charge in [-0.2, -0.15) is 0 Å². The van der Waals surface area contributed by atoms with Gasteiger partial charge in [0.1, 0.15) is 28.7 Å². The number of rotatable bonds is 9. The number of hydrogen-bond donors (Lipinski definition) is 2. The summed E-state index contributed by atoms with van der Waals surface area (Å²) in [7, 11) is -0.118. The van der Waals surface area contributed by atoms with Crippen molar-refractivity contribution >= 4 is 38.1 Å². The Labute approximate surface area is 225 Å². The number of nitrogens with zero attached hydrogens (tertiary/aromatic N) is 4. The Balaban J connectivity index is 1.29. The van der Waals surface area contributed by atoms with E-state index in [1.165, 1.54) is 18.5 Å². The molecular formula is C28H26F2N6O2S. The molecule has 0 aliphatic carbocycles. The van der Waals surface area contributed by atoms with Crippen molar-refractivity contribution in [3.8, 4) is 11.3 Å². The molecule has 0 spiro atoms. The Morgan fingerprint density at radius 1 is 0.897 bits per heavy atom. The first-order valence-electron chi connectivity index (χ1n) is 12.1. The van der Waals surface area contributed by atoms with Crippen molar-refractivity contribution < 1.29 is 17.2 Å². The number of hydrogen-bond acceptors (Lipinski definition) is 6. The molecule has 2 heterocycles. The van der Waals surface area contributed by atoms with E-state index in [9.17, 15) is 17.2 Å². The monoisotopic (exact) mass is 548 g/mol. The zero-order chi connectivity index (χ0) is 27.6. The maximum atomic E-state index is 14.0. The first kappa shape index (κ1) is 26.3. The summed E-state index contributed by atoms with van der Waals surface area (Å²) in [5, 5.41) is 4.30. The van der Waals surface area contributed by atoms with Crippen LogP contribution in [0.5, 0.6) is 0 Å². The molecule has 0 amide bonds. The van der Waals surface area contributed by atoms with E-state index in [4.69, 9.17) is 0 Å². The summed E-state index contributed by atoms with van der Waals surface area (Å²) in [5.74, 6) is -1.46. The van der Waals surface area contributed by atoms with Crippen molar-refractivity contribution in [2.45, 2.75) is 11.4 Å². The summed E-state index contributed by atoms with van der Waals surface area (Å²) in [6, 6.07) is 18.8. The smallest absolute Gasteiger partial charge is 0.264 e. The Bertz CT molecular complexity index is 1740. The number of aromatic nitrogens is 3. The summed E-state index contributed by atoms with van der Waals surface area (Å²) in [5.41, 5.74) is 3.74. The molecule has 8 nitrogen and oxygen atoms in total. The number of halogens is 2. The predicted octanol–water partition coefficient (Wildman–Crippen LogP) is 5.48. The second-order valence-electron chi connectivity index (χ2n) is 9.26. The van der Waals surface area contributed by atoms with E-state index in [2.05, 4.69) is 68.0 Å². The summed E-state index contributed by atoms with van der Waals surface area (Å²) < 4.78 is 56.7. The molecule has 2 N–H and O–H groups in total. The molecule has 0 saturated carbocycles. The van der Waals surface area contributed by atoms with Crippen LogP contribution < -0.4 is 10.0 Å². The molecule has 5 aromatic rings. The van der Waals surface area contributed by atoms with Crippen molar-refractivity contribution in [3.05, 3.63) is 97.0 Å². The van der Waals surface area contributed by atoms with E-state index >= 15 is 0 Å². The van der Waals surface area contributed by atoms with Gasteiger partial charge in [0.2, 0.25) is 0 Å². The van der Waals surface area contributed by atoms with Gasteiger partial charge in [0, 0.05) is 59.3 Å². The second-order valence-corrected chi connectivity index (χ2v) is 10.9. The van der Waals surface area contributed by atoms with Gasteiger partial charge in [0.05, 0.1) is 5.69 Å². The lowest BCUT2D eigenvalue weighted by atomic mass is 10.1. The van der Waals surface area contributed by atoms with E-state index in [0.717, 1.165) is 47.4 Å². The zero-order valence-corrected chi connectivity index (χ0v) is 22.1. The minimum atomic E-state index is -4.23. The lowest BCUT2D eigenvalue weighted by molar-refractivity contribution is 0.387. The number of fused-ring (bicyclic) bond motifs is 1. The molecule has 11 heteroatoms. The van der Waals surface area contributed by atoms with Crippen molar-refractivity contribution in [2.75, 3.05) is 30.7 Å². The number of anilines is 3. The number of likely N-dealkylation sites (N-methyl/N-ethyl adjacent to an activating group) is 1. The lowest BCUT2D eigenvalue weighted by Crippen LogP contribution is -2.17. The topological polar surface area (TPSA) is 92.2 Å². The molecule has 0 radical (unpaired) electrons. The molecule has 3 aromatic carbocycles. The molecule has 200 valence electrons. The van der Waals surface area contributed by atoms with Gasteiger partial charge in [-0.15, -0.1) is 0 Å². The maximum Gasteiger partial charge on any atom is 0.264 e. The van der Waals surface area contributed by atoms with E-state index in [0.29, 0.717) is 17.6 Å². The highest BCUT2D eigenvalue weighted by Gasteiger charge is 2.19. The molecule has 0 atom stereocenters. The molecule has 2 aromatic heterocycles. The first-order valence-corrected chi connectivity index (χ1v) is 13.6. The van der Waals surface area contributed by atoms with E-state index in [1.807, 2.05) is 12.1 Å². The van der Waals surface area contributed by atoms with Gasteiger partial charge < -0.3 is 14.8 Å². The molecule has 0 bridgehead atoms. The van der Waals surface area contributed by atoms with Crippen LogP contribution in [0, 0.1) is 11.6 Å². The Morgan fingerprint density at radius 2 is 1.67 bits per heavy atom. The van der Waals surface area contributed by atoms with Gasteiger partial charge in [0.15, 0.2) is 0 Å². The molecule has 0 unspecified atom stereocenters. The minimum Gasteiger partial charge on any atom is -0.346 e. The van der Waals surface area contributed by atoms with Crippen molar-refractivity contribution in [3.63, 3.8) is 0 Å². The van der Waals surface area contributed by atoms with Crippen molar-refractivity contribution in [1.82, 2.24) is 19.4 Å². The third-order valence-electron chi connectivity index (χ3n) is 6.11. The Morgan fingerprint density at radius 3 is 2.41 bits per heavy atom. The van der Waals surface area contributed by atoms with Gasteiger partial charge in [-0.25, -0.2) is 27.2 Å². The summed E-state index contributed by atoms with van der Waals surface area (Å²) in [6.45, 7) is 1.85. The van der Waals surface area contributed by atoms with Crippen LogP contribution in [0.4, 0.5) is 26.0 Å². The number of benzene rings is 3. The van der Waals surface area contributed by atoms with E-state index in [1.54, 1.807) is 12.1 Å². The van der Waals surface area contributed by atoms with Crippen LogP contribution in [0.3, 0.4) is 0 Å². The van der Waals surface area contributed by atoms with Crippen molar-refractivity contribution in [2.24, 2.45) is 0 Å². The third-order valence-corrected chi connectivity index (χ3v) is 7.53. The van der Waals surface area contributed by atoms with Crippen LogP contribution in [-0.4, -0.2) is 48.5 Å². The van der Waals surface area contributed by atoms with E-state index < -0.39 is 26.6 Å². The first-order chi connectivity index (χ1) is 18.7. The molecule has 0 fully saturated rings. The summed E-state index contributed by atoms with van der Waals surface area (Å²) in [6.07, 6.45) is 3.56. The molecule has 0 aliphatic heterocycles. The molecule has 0 saturated heterocycles. The third kappa shape index (κ3) is 6.05. The fourth-order valence-electron chi connectivity index (χ4n) is 4.12. The fraction of sp³-hybridized carbons (Fsp3) is 0.143. The minimum absolute atomic E-state index is 0.221. The van der Waals surface area contributed by atoms with Crippen LogP contribution in [0.2, 0.25) is 0 Å². The number of nitrogens with one attached hydrogen (secondary N) is 2. The quantitative estimate of drug-likeness (QED) is 0.253. The standard InChI is InChI=1S/C28H26F2N6O2S/c1-35(2)13-14-36-12-11-20-15-19(3-9-26(20)36)25-17-28(32-18-31-25)33-22-5-7-23(8-6-22)34-39(37,38)27-10-4-21(29)16-24(27)30/h3-12,15-18,34H,13-14H2,1-2H3,(H,31,32,33). The van der Waals surface area contributed by atoms with E-state index in [-0.39, 0.29) is 5.69 Å². The average Bonchev–Trinajstić information content (AvgIpc) is 3.30. The fourth-order valence-corrected chi connectivity index (χ4v) is 5.24. The van der Waals surface area contributed by atoms with Crippen LogP contribution in [-0.2, 0) is 16.6 Å². The van der Waals surface area contributed by atoms with Crippen LogP contribution in [0.25, 0.3) is 22.2 Å². The average molecular weight is 549 g/mol. The van der Waals surface area contributed by atoms with Gasteiger partial charge in [-0.05, 0) is 68.7 Å². The van der Waals surface area contributed by atoms with Crippen LogP contribution in [0.15, 0.2) is 90.2 Å². The molecule has 0 aliphatic rings. The van der Waals surface area contributed by atoms with Gasteiger partial charge in [-0.3, -0.25) is 4.72 Å². The predicted molar refractivity (Wildman–Crippen MR) is 148 cm³/mol. The van der Waals surface area contributed by atoms with Crippen LogP contribution in [0.1, 0.15) is 0 Å². The zero-order valence-electron chi connectivity index (χ0n) is 21.3. The largest absolute Gasteiger partial charge is 0.346 e. The normalized spacial score (nSPS) is 11.7. The molecule has 5 rings (SSSR count). The Hall–Kier alpha value is -4.35. The van der Waals surface area contributed by atoms with Crippen LogP contribution >= 0.6 is 0 Å². The lowest BCUT2D eigenvalue weighted by Gasteiger charge is -2.12. The van der Waals surface area contributed by atoms with Gasteiger partial charge >= 0.3 is 0 Å². The van der Waals surface area contributed by atoms with Gasteiger partial charge in [0.25, 0.3) is 10.0 Å². The van der Waals surface area contributed by atoms with Gasteiger partial charge in [-0.1, -0.05) is 6.07 Å². The Kier molecular flexibility index (Phi) is 7.27. The summed E-state index contributed by atoms with van der Waals surface area (Å²) in [4.78, 5) is 10.2. The maximum absolute atomic E-state index is 14.0. The molecular weight excluding hydrogens is 522 g/mol. The highest BCUT2D eigenvalue weighted by Crippen LogP contribution is 2.27. The SMILES string of the molecule is CN(C)CCn1ccc2cc(-c3cc(Nc4ccc(NS(=O)(=O)c5ccc(F)cc5F)cc4)ncn3)ccc21. The second kappa shape index (κ2) is 10.8. The highest BCUT2D eigenvalue weighted by molar-refractivity contribution is 7.92. The number of sulfonamides is 1. The molecule has 39 heavy (non-hydrogen) atoms. The highest BCUT2D eigenvalue weighted by atomic mass is 32.2.